The van der Waals surface area contributed by atoms with Crippen molar-refractivity contribution < 1.29 is 19.0 Å². The van der Waals surface area contributed by atoms with Gasteiger partial charge in [-0.2, -0.15) is 0 Å². The third kappa shape index (κ3) is 4.06. The lowest BCUT2D eigenvalue weighted by atomic mass is 9.74. The number of piperidine rings is 1. The summed E-state index contributed by atoms with van der Waals surface area (Å²) >= 11 is 0. The van der Waals surface area contributed by atoms with Gasteiger partial charge in [0.2, 0.25) is 0 Å². The molecule has 5 heteroatoms. The molecule has 0 atom stereocenters. The number of rotatable bonds is 6. The zero-order valence-electron chi connectivity index (χ0n) is 17.0. The molecule has 0 bridgehead atoms. The average Bonchev–Trinajstić information content (AvgIpc) is 2.69. The van der Waals surface area contributed by atoms with Crippen molar-refractivity contribution in [1.29, 1.82) is 0 Å². The quantitative estimate of drug-likeness (QED) is 0.697. The van der Waals surface area contributed by atoms with Gasteiger partial charge < -0.3 is 19.1 Å². The fourth-order valence-corrected chi connectivity index (χ4v) is 4.76. The molecule has 1 aliphatic carbocycles. The first-order chi connectivity index (χ1) is 13.7. The van der Waals surface area contributed by atoms with E-state index >= 15 is 0 Å². The van der Waals surface area contributed by atoms with Gasteiger partial charge in [-0.25, -0.2) is 0 Å². The molecule has 1 aromatic rings. The highest BCUT2D eigenvalue weighted by atomic mass is 16.5. The van der Waals surface area contributed by atoms with E-state index in [2.05, 4.69) is 4.90 Å². The Balaban J connectivity index is 1.38. The Bertz CT molecular complexity index is 641. The van der Waals surface area contributed by atoms with E-state index in [1.165, 1.54) is 19.3 Å². The molecule has 5 nitrogen and oxygen atoms in total. The normalized spacial score (nSPS) is 23.8. The highest BCUT2D eigenvalue weighted by molar-refractivity contribution is 5.83. The van der Waals surface area contributed by atoms with Crippen molar-refractivity contribution in [2.24, 2.45) is 0 Å². The van der Waals surface area contributed by atoms with E-state index in [9.17, 15) is 4.79 Å². The predicted octanol–water partition coefficient (Wildman–Crippen LogP) is 3.69. The third-order valence-electron chi connectivity index (χ3n) is 6.79. The van der Waals surface area contributed by atoms with Gasteiger partial charge in [-0.3, -0.25) is 4.79 Å². The average molecular weight is 388 g/mol. The Hall–Kier alpha value is -1.59. The van der Waals surface area contributed by atoms with E-state index < -0.39 is 5.41 Å². The smallest absolute Gasteiger partial charge is 0.316 e. The summed E-state index contributed by atoms with van der Waals surface area (Å²) in [6.07, 6.45) is 7.99. The summed E-state index contributed by atoms with van der Waals surface area (Å²) in [5.41, 5.74) is 0.433. The molecule has 2 heterocycles. The van der Waals surface area contributed by atoms with Crippen molar-refractivity contribution in [2.45, 2.75) is 69.4 Å². The number of carbonyl (C=O) groups is 1. The van der Waals surface area contributed by atoms with Crippen molar-refractivity contribution in [1.82, 2.24) is 4.90 Å². The van der Waals surface area contributed by atoms with Crippen LogP contribution in [0.1, 0.15) is 57.4 Å². The molecule has 0 unspecified atom stereocenters. The van der Waals surface area contributed by atoms with E-state index in [1.54, 1.807) is 0 Å². The Kier molecular flexibility index (Phi) is 6.22. The minimum atomic E-state index is -0.582. The van der Waals surface area contributed by atoms with Gasteiger partial charge in [0.15, 0.2) is 0 Å². The molecule has 3 fully saturated rings. The summed E-state index contributed by atoms with van der Waals surface area (Å²) in [5.74, 6) is 0.771. The van der Waals surface area contributed by atoms with Crippen LogP contribution in [0.5, 0.6) is 5.75 Å². The summed E-state index contributed by atoms with van der Waals surface area (Å²) in [4.78, 5) is 15.4. The zero-order valence-corrected chi connectivity index (χ0v) is 17.0. The molecule has 0 spiro atoms. The number of benzene rings is 1. The first-order valence-corrected chi connectivity index (χ1v) is 11.0. The molecule has 0 N–H and O–H groups in total. The molecule has 3 aliphatic rings. The molecule has 1 saturated carbocycles. The van der Waals surface area contributed by atoms with Crippen molar-refractivity contribution in [3.8, 4) is 5.75 Å². The van der Waals surface area contributed by atoms with Crippen molar-refractivity contribution >= 4 is 5.97 Å². The summed E-state index contributed by atoms with van der Waals surface area (Å²) in [6, 6.07) is 8.95. The first kappa shape index (κ1) is 19.7. The fourth-order valence-electron chi connectivity index (χ4n) is 4.76. The number of hydrogen-bond donors (Lipinski definition) is 0. The van der Waals surface area contributed by atoms with Gasteiger partial charge in [0.1, 0.15) is 11.9 Å². The summed E-state index contributed by atoms with van der Waals surface area (Å²) < 4.78 is 17.2. The van der Waals surface area contributed by atoms with Crippen LogP contribution in [0.25, 0.3) is 0 Å². The van der Waals surface area contributed by atoms with E-state index in [0.717, 1.165) is 43.3 Å². The van der Waals surface area contributed by atoms with Crippen LogP contribution in [0.15, 0.2) is 24.3 Å². The van der Waals surface area contributed by atoms with Gasteiger partial charge in [0.25, 0.3) is 0 Å². The van der Waals surface area contributed by atoms with E-state index in [1.807, 2.05) is 31.2 Å². The molecule has 0 radical (unpaired) electrons. The molecular formula is C23H33NO4. The minimum absolute atomic E-state index is 0.129. The standard InChI is InChI=1S/C23H33NO4/c1-2-27-22(25)23(12-16-26-17-13-23)18-6-8-20(9-7-18)28-21-10-14-24(15-11-21)19-4-3-5-19/h6-9,19,21H,2-5,10-17H2,1H3. The second-order valence-electron chi connectivity index (χ2n) is 8.38. The molecule has 0 aromatic heterocycles. The maximum Gasteiger partial charge on any atom is 0.316 e. The lowest BCUT2D eigenvalue weighted by Crippen LogP contribution is -2.46. The minimum Gasteiger partial charge on any atom is -0.490 e. The van der Waals surface area contributed by atoms with Crippen LogP contribution in [0, 0.1) is 0 Å². The Morgan fingerprint density at radius 3 is 2.36 bits per heavy atom. The molecule has 2 saturated heterocycles. The number of hydrogen-bond acceptors (Lipinski definition) is 5. The van der Waals surface area contributed by atoms with Crippen LogP contribution >= 0.6 is 0 Å². The lowest BCUT2D eigenvalue weighted by molar-refractivity contribution is -0.154. The summed E-state index contributed by atoms with van der Waals surface area (Å²) in [6.45, 7) is 5.76. The van der Waals surface area contributed by atoms with Gasteiger partial charge in [0, 0.05) is 32.3 Å². The topological polar surface area (TPSA) is 48.0 Å². The van der Waals surface area contributed by atoms with E-state index in [0.29, 0.717) is 38.8 Å². The SMILES string of the molecule is CCOC(=O)C1(c2ccc(OC3CCN(C4CCC4)CC3)cc2)CCOCC1. The molecule has 1 aromatic carbocycles. The van der Waals surface area contributed by atoms with Crippen LogP contribution in [0.4, 0.5) is 0 Å². The van der Waals surface area contributed by atoms with Crippen molar-refractivity contribution in [3.05, 3.63) is 29.8 Å². The molecule has 0 amide bonds. The van der Waals surface area contributed by atoms with Crippen LogP contribution in [-0.4, -0.2) is 55.9 Å². The maximum atomic E-state index is 12.7. The largest absolute Gasteiger partial charge is 0.490 e. The monoisotopic (exact) mass is 387 g/mol. The van der Waals surface area contributed by atoms with E-state index in [-0.39, 0.29) is 5.97 Å². The molecule has 154 valence electrons. The zero-order chi connectivity index (χ0) is 19.4. The Morgan fingerprint density at radius 2 is 1.79 bits per heavy atom. The Labute approximate surface area is 168 Å². The summed E-state index contributed by atoms with van der Waals surface area (Å²) in [7, 11) is 0. The van der Waals surface area contributed by atoms with E-state index in [4.69, 9.17) is 14.2 Å². The van der Waals surface area contributed by atoms with Crippen molar-refractivity contribution in [2.75, 3.05) is 32.9 Å². The first-order valence-electron chi connectivity index (χ1n) is 11.0. The van der Waals surface area contributed by atoms with Crippen LogP contribution in [0.3, 0.4) is 0 Å². The number of esters is 1. The molecule has 2 aliphatic heterocycles. The van der Waals surface area contributed by atoms with Crippen LogP contribution < -0.4 is 4.74 Å². The second kappa shape index (κ2) is 8.83. The van der Waals surface area contributed by atoms with Gasteiger partial charge in [-0.1, -0.05) is 18.6 Å². The third-order valence-corrected chi connectivity index (χ3v) is 6.79. The summed E-state index contributed by atoms with van der Waals surface area (Å²) in [5, 5.41) is 0. The van der Waals surface area contributed by atoms with Crippen LogP contribution in [0.2, 0.25) is 0 Å². The molecular weight excluding hydrogens is 354 g/mol. The van der Waals surface area contributed by atoms with Gasteiger partial charge in [-0.15, -0.1) is 0 Å². The van der Waals surface area contributed by atoms with Crippen LogP contribution in [-0.2, 0) is 19.7 Å². The number of carbonyl (C=O) groups excluding carboxylic acids is 1. The predicted molar refractivity (Wildman–Crippen MR) is 108 cm³/mol. The second-order valence-corrected chi connectivity index (χ2v) is 8.38. The van der Waals surface area contributed by atoms with Crippen molar-refractivity contribution in [3.63, 3.8) is 0 Å². The highest BCUT2D eigenvalue weighted by Crippen LogP contribution is 2.37. The van der Waals surface area contributed by atoms with Gasteiger partial charge in [-0.05, 0) is 63.1 Å². The fraction of sp³-hybridized carbons (Fsp3) is 0.696. The lowest BCUT2D eigenvalue weighted by Gasteiger charge is -2.41. The highest BCUT2D eigenvalue weighted by Gasteiger charge is 2.43. The van der Waals surface area contributed by atoms with Gasteiger partial charge in [0.05, 0.1) is 12.0 Å². The number of nitrogens with zero attached hydrogens (tertiary/aromatic N) is 1. The molecule has 4 rings (SSSR count). The number of likely N-dealkylation sites (tertiary alicyclic amines) is 1. The van der Waals surface area contributed by atoms with Gasteiger partial charge >= 0.3 is 5.97 Å². The maximum absolute atomic E-state index is 12.7. The Morgan fingerprint density at radius 1 is 1.11 bits per heavy atom. The number of ether oxygens (including phenoxy) is 3. The molecule has 28 heavy (non-hydrogen) atoms.